The summed E-state index contributed by atoms with van der Waals surface area (Å²) in [5.41, 5.74) is 0. The predicted molar refractivity (Wildman–Crippen MR) is 39.9 cm³/mol. The van der Waals surface area contributed by atoms with E-state index in [2.05, 4.69) is 5.32 Å². The van der Waals surface area contributed by atoms with Crippen molar-refractivity contribution in [3.05, 3.63) is 0 Å². The number of rotatable bonds is 4. The van der Waals surface area contributed by atoms with Crippen molar-refractivity contribution in [2.75, 3.05) is 13.2 Å². The van der Waals surface area contributed by atoms with Crippen molar-refractivity contribution in [2.24, 2.45) is 5.92 Å². The van der Waals surface area contributed by atoms with E-state index in [4.69, 9.17) is 5.11 Å². The fourth-order valence-electron chi connectivity index (χ4n) is 0.597. The molecule has 0 aliphatic heterocycles. The van der Waals surface area contributed by atoms with E-state index in [9.17, 15) is 18.0 Å². The molecule has 1 atom stereocenters. The van der Waals surface area contributed by atoms with Gasteiger partial charge >= 0.3 is 6.18 Å². The summed E-state index contributed by atoms with van der Waals surface area (Å²) in [7, 11) is 0. The number of halogens is 3. The lowest BCUT2D eigenvalue weighted by molar-refractivity contribution is -0.153. The maximum Gasteiger partial charge on any atom is 0.397 e. The van der Waals surface area contributed by atoms with Crippen LogP contribution in [-0.4, -0.2) is 30.3 Å². The molecule has 0 rings (SSSR count). The van der Waals surface area contributed by atoms with Gasteiger partial charge in [-0.3, -0.25) is 4.79 Å². The molecule has 0 aliphatic carbocycles. The fourth-order valence-corrected chi connectivity index (χ4v) is 0.597. The number of carbonyl (C=O) groups is 1. The van der Waals surface area contributed by atoms with Gasteiger partial charge in [0.15, 0.2) is 0 Å². The van der Waals surface area contributed by atoms with Crippen LogP contribution in [-0.2, 0) is 4.79 Å². The quantitative estimate of drug-likeness (QED) is 0.699. The lowest BCUT2D eigenvalue weighted by Crippen LogP contribution is -2.32. The Morgan fingerprint density at radius 1 is 1.54 bits per heavy atom. The first kappa shape index (κ1) is 12.2. The van der Waals surface area contributed by atoms with Gasteiger partial charge in [-0.15, -0.1) is 0 Å². The number of carbonyl (C=O) groups excluding carboxylic acids is 1. The number of aliphatic hydroxyl groups excluding tert-OH is 1. The largest absolute Gasteiger partial charge is 0.397 e. The molecule has 0 fully saturated rings. The molecule has 1 unspecified atom stereocenters. The number of hydrogen-bond donors (Lipinski definition) is 2. The van der Waals surface area contributed by atoms with Gasteiger partial charge in [0.1, 0.15) is 6.42 Å². The van der Waals surface area contributed by atoms with Gasteiger partial charge in [0.05, 0.1) is 0 Å². The molecule has 0 saturated heterocycles. The summed E-state index contributed by atoms with van der Waals surface area (Å²) in [6.07, 6.45) is -5.93. The predicted octanol–water partition coefficient (Wildman–Crippen LogP) is 0.683. The van der Waals surface area contributed by atoms with E-state index >= 15 is 0 Å². The zero-order chi connectivity index (χ0) is 10.5. The first-order chi connectivity index (χ1) is 5.85. The molecule has 78 valence electrons. The van der Waals surface area contributed by atoms with Gasteiger partial charge in [-0.25, -0.2) is 0 Å². The minimum atomic E-state index is -4.47. The molecule has 0 saturated carbocycles. The molecule has 0 aromatic carbocycles. The van der Waals surface area contributed by atoms with Crippen LogP contribution in [0.25, 0.3) is 0 Å². The highest BCUT2D eigenvalue weighted by atomic mass is 19.4. The normalized spacial score (nSPS) is 13.9. The average Bonchev–Trinajstić information content (AvgIpc) is 1.97. The molecule has 2 N–H and O–H groups in total. The molecular formula is C7H12F3NO2. The van der Waals surface area contributed by atoms with Gasteiger partial charge in [0, 0.05) is 13.2 Å². The maximum atomic E-state index is 11.6. The van der Waals surface area contributed by atoms with Gasteiger partial charge < -0.3 is 10.4 Å². The SMILES string of the molecule is CC(CO)CNC(=O)CC(F)(F)F. The van der Waals surface area contributed by atoms with E-state index < -0.39 is 18.5 Å². The standard InChI is InChI=1S/C7H12F3NO2/c1-5(4-12)3-11-6(13)2-7(8,9)10/h5,12H,2-4H2,1H3,(H,11,13). The molecule has 0 bridgehead atoms. The Balaban J connectivity index is 3.64. The molecule has 6 heteroatoms. The maximum absolute atomic E-state index is 11.6. The van der Waals surface area contributed by atoms with Crippen LogP contribution in [0.3, 0.4) is 0 Å². The van der Waals surface area contributed by atoms with Crippen molar-refractivity contribution in [3.8, 4) is 0 Å². The van der Waals surface area contributed by atoms with Gasteiger partial charge in [-0.2, -0.15) is 13.2 Å². The minimum Gasteiger partial charge on any atom is -0.396 e. The van der Waals surface area contributed by atoms with Gasteiger partial charge in [0.2, 0.25) is 5.91 Å². The Morgan fingerprint density at radius 3 is 2.46 bits per heavy atom. The molecule has 1 amide bonds. The van der Waals surface area contributed by atoms with Crippen molar-refractivity contribution in [1.82, 2.24) is 5.32 Å². The minimum absolute atomic E-state index is 0.0609. The summed E-state index contributed by atoms with van der Waals surface area (Å²) in [6.45, 7) is 1.52. The molecule has 3 nitrogen and oxygen atoms in total. The second-order valence-electron chi connectivity index (χ2n) is 2.88. The van der Waals surface area contributed by atoms with Crippen LogP contribution in [0.2, 0.25) is 0 Å². The Labute approximate surface area is 73.9 Å². The highest BCUT2D eigenvalue weighted by Gasteiger charge is 2.30. The highest BCUT2D eigenvalue weighted by molar-refractivity contribution is 5.76. The Kier molecular flexibility index (Phi) is 4.76. The average molecular weight is 199 g/mol. The van der Waals surface area contributed by atoms with Crippen LogP contribution in [0.15, 0.2) is 0 Å². The van der Waals surface area contributed by atoms with E-state index in [1.165, 1.54) is 0 Å². The second-order valence-corrected chi connectivity index (χ2v) is 2.88. The molecule has 0 heterocycles. The number of amides is 1. The monoisotopic (exact) mass is 199 g/mol. The molecule has 0 radical (unpaired) electrons. The molecule has 0 aromatic rings. The van der Waals surface area contributed by atoms with Gasteiger partial charge in [-0.1, -0.05) is 6.92 Å². The van der Waals surface area contributed by atoms with Crippen LogP contribution >= 0.6 is 0 Å². The Morgan fingerprint density at radius 2 is 2.08 bits per heavy atom. The van der Waals surface area contributed by atoms with Crippen LogP contribution < -0.4 is 5.32 Å². The van der Waals surface area contributed by atoms with Gasteiger partial charge in [-0.05, 0) is 5.92 Å². The Hall–Kier alpha value is -0.780. The van der Waals surface area contributed by atoms with Crippen LogP contribution in [0.1, 0.15) is 13.3 Å². The van der Waals surface area contributed by atoms with Crippen molar-refractivity contribution in [3.63, 3.8) is 0 Å². The molecule has 13 heavy (non-hydrogen) atoms. The first-order valence-corrected chi connectivity index (χ1v) is 3.79. The van der Waals surface area contributed by atoms with Crippen molar-refractivity contribution >= 4 is 5.91 Å². The zero-order valence-electron chi connectivity index (χ0n) is 7.19. The third-order valence-electron chi connectivity index (χ3n) is 1.32. The number of aliphatic hydroxyl groups is 1. The summed E-state index contributed by atoms with van der Waals surface area (Å²) in [4.78, 5) is 10.6. The third kappa shape index (κ3) is 7.58. The topological polar surface area (TPSA) is 49.3 Å². The summed E-state index contributed by atoms with van der Waals surface area (Å²) in [6, 6.07) is 0. The van der Waals surface area contributed by atoms with E-state index in [0.717, 1.165) is 0 Å². The smallest absolute Gasteiger partial charge is 0.396 e. The van der Waals surface area contributed by atoms with E-state index in [0.29, 0.717) is 0 Å². The van der Waals surface area contributed by atoms with Crippen LogP contribution in [0.4, 0.5) is 13.2 Å². The lowest BCUT2D eigenvalue weighted by atomic mass is 10.2. The molecular weight excluding hydrogens is 187 g/mol. The highest BCUT2D eigenvalue weighted by Crippen LogP contribution is 2.18. The molecule has 0 aliphatic rings. The number of alkyl halides is 3. The summed E-state index contributed by atoms with van der Waals surface area (Å²) >= 11 is 0. The van der Waals surface area contributed by atoms with Crippen LogP contribution in [0, 0.1) is 5.92 Å². The van der Waals surface area contributed by atoms with Gasteiger partial charge in [0.25, 0.3) is 0 Å². The fraction of sp³-hybridized carbons (Fsp3) is 0.857. The summed E-state index contributed by atoms with van der Waals surface area (Å²) in [5, 5.41) is 10.6. The summed E-state index contributed by atoms with van der Waals surface area (Å²) < 4.78 is 34.8. The zero-order valence-corrected chi connectivity index (χ0v) is 7.19. The molecule has 0 spiro atoms. The second kappa shape index (κ2) is 5.06. The molecule has 0 aromatic heterocycles. The van der Waals surface area contributed by atoms with E-state index in [1.807, 2.05) is 0 Å². The van der Waals surface area contributed by atoms with E-state index in [1.54, 1.807) is 6.92 Å². The first-order valence-electron chi connectivity index (χ1n) is 3.79. The van der Waals surface area contributed by atoms with E-state index in [-0.39, 0.29) is 19.1 Å². The third-order valence-corrected chi connectivity index (χ3v) is 1.32. The summed E-state index contributed by atoms with van der Waals surface area (Å²) in [5.74, 6) is -1.29. The lowest BCUT2D eigenvalue weighted by Gasteiger charge is -2.10. The van der Waals surface area contributed by atoms with Crippen LogP contribution in [0.5, 0.6) is 0 Å². The van der Waals surface area contributed by atoms with Crippen molar-refractivity contribution in [2.45, 2.75) is 19.5 Å². The Bertz CT molecular complexity index is 170. The van der Waals surface area contributed by atoms with Crippen molar-refractivity contribution < 1.29 is 23.1 Å². The van der Waals surface area contributed by atoms with Crippen molar-refractivity contribution in [1.29, 1.82) is 0 Å². The number of nitrogens with one attached hydrogen (secondary N) is 1. The number of hydrogen-bond acceptors (Lipinski definition) is 2.